The molecule has 1 aliphatic heterocycles. The maximum Gasteiger partial charge on any atom is 0.235 e. The van der Waals surface area contributed by atoms with Crippen molar-refractivity contribution >= 4 is 51.2 Å². The zero-order chi connectivity index (χ0) is 30.8. The molecule has 46 heavy (non-hydrogen) atoms. The topological polar surface area (TPSA) is 43.6 Å². The first kappa shape index (κ1) is 27.0. The molecule has 5 aromatic carbocycles. The molecule has 0 atom stereocenters. The highest BCUT2D eigenvalue weighted by Gasteiger charge is 2.46. The molecule has 0 saturated heterocycles. The Morgan fingerprint density at radius 1 is 0.630 bits per heavy atom. The van der Waals surface area contributed by atoms with Gasteiger partial charge in [0.25, 0.3) is 0 Å². The molecule has 3 aromatic heterocycles. The van der Waals surface area contributed by atoms with Crippen LogP contribution in [-0.4, -0.2) is 27.6 Å². The molecular formula is C41H32N4Si. The normalized spacial score (nSPS) is 13.3. The van der Waals surface area contributed by atoms with E-state index in [1.54, 1.807) is 0 Å². The van der Waals surface area contributed by atoms with Gasteiger partial charge in [-0.1, -0.05) is 135 Å². The monoisotopic (exact) mass is 608 g/mol. The smallest absolute Gasteiger partial charge is 0.235 e. The largest absolute Gasteiger partial charge is 0.277 e. The summed E-state index contributed by atoms with van der Waals surface area (Å²) in [6.07, 6.45) is 1.97. The van der Waals surface area contributed by atoms with Crippen molar-refractivity contribution in [3.8, 4) is 39.6 Å². The molecule has 0 saturated carbocycles. The van der Waals surface area contributed by atoms with Crippen LogP contribution in [0.2, 0.25) is 12.1 Å². The van der Waals surface area contributed by atoms with Crippen LogP contribution in [-0.2, 0) is 0 Å². The molecule has 0 aliphatic carbocycles. The second-order valence-electron chi connectivity index (χ2n) is 12.2. The molecule has 0 amide bonds. The number of pyridine rings is 1. The molecular weight excluding hydrogens is 577 g/mol. The first-order valence-electron chi connectivity index (χ1n) is 16.2. The number of fused-ring (bicyclic) bond motifs is 10. The number of hydrogen-bond donors (Lipinski definition) is 0. The van der Waals surface area contributed by atoms with Crippen molar-refractivity contribution in [2.24, 2.45) is 0 Å². The van der Waals surface area contributed by atoms with Crippen LogP contribution in [0.5, 0.6) is 0 Å². The van der Waals surface area contributed by atoms with Gasteiger partial charge in [0.1, 0.15) is 8.07 Å². The molecule has 5 heteroatoms. The predicted molar refractivity (Wildman–Crippen MR) is 194 cm³/mol. The van der Waals surface area contributed by atoms with Crippen LogP contribution < -0.4 is 10.4 Å². The lowest BCUT2D eigenvalue weighted by Gasteiger charge is -2.27. The van der Waals surface area contributed by atoms with E-state index in [-0.39, 0.29) is 0 Å². The number of para-hydroxylation sites is 1. The molecule has 4 nitrogen and oxygen atoms in total. The van der Waals surface area contributed by atoms with Crippen molar-refractivity contribution < 1.29 is 0 Å². The van der Waals surface area contributed by atoms with Crippen molar-refractivity contribution in [1.29, 1.82) is 0 Å². The van der Waals surface area contributed by atoms with Crippen LogP contribution in [0.4, 0.5) is 0 Å². The van der Waals surface area contributed by atoms with Gasteiger partial charge in [-0.25, -0.2) is 9.97 Å². The molecule has 0 unspecified atom stereocenters. The molecule has 0 fully saturated rings. The Bertz CT molecular complexity index is 2390. The second kappa shape index (κ2) is 10.3. The highest BCUT2D eigenvalue weighted by atomic mass is 28.3. The van der Waals surface area contributed by atoms with Crippen LogP contribution >= 0.6 is 0 Å². The third-order valence-corrected chi connectivity index (χ3v) is 15.5. The van der Waals surface area contributed by atoms with Crippen LogP contribution in [0.3, 0.4) is 0 Å². The van der Waals surface area contributed by atoms with Crippen LogP contribution in [0.15, 0.2) is 134 Å². The Balaban J connectivity index is 1.51. The zero-order valence-electron chi connectivity index (χ0n) is 25.9. The van der Waals surface area contributed by atoms with Crippen LogP contribution in [0.25, 0.3) is 72.3 Å². The molecule has 0 radical (unpaired) electrons. The average molecular weight is 609 g/mol. The van der Waals surface area contributed by atoms with Gasteiger partial charge in [0.15, 0.2) is 0 Å². The summed E-state index contributed by atoms with van der Waals surface area (Å²) in [5.41, 5.74) is 10.0. The molecule has 220 valence electrons. The number of hydrogen-bond acceptors (Lipinski definition) is 3. The molecule has 1 aliphatic rings. The minimum absolute atomic E-state index is 0.682. The minimum Gasteiger partial charge on any atom is -0.277 e. The van der Waals surface area contributed by atoms with E-state index in [4.69, 9.17) is 15.0 Å². The number of nitrogens with zero attached hydrogens (tertiary/aromatic N) is 4. The lowest BCUT2D eigenvalue weighted by Crippen LogP contribution is -2.54. The summed E-state index contributed by atoms with van der Waals surface area (Å²) >= 11 is 0. The second-order valence-corrected chi connectivity index (χ2v) is 16.8. The molecule has 0 bridgehead atoms. The van der Waals surface area contributed by atoms with E-state index >= 15 is 0 Å². The lowest BCUT2D eigenvalue weighted by atomic mass is 9.98. The van der Waals surface area contributed by atoms with Gasteiger partial charge in [-0.3, -0.25) is 9.55 Å². The van der Waals surface area contributed by atoms with E-state index in [1.807, 2.05) is 18.3 Å². The summed E-state index contributed by atoms with van der Waals surface area (Å²) in [6, 6.07) is 47.5. The van der Waals surface area contributed by atoms with E-state index in [9.17, 15) is 0 Å². The van der Waals surface area contributed by atoms with Gasteiger partial charge in [-0.2, -0.15) is 0 Å². The van der Waals surface area contributed by atoms with E-state index in [0.717, 1.165) is 45.6 Å². The number of benzene rings is 5. The van der Waals surface area contributed by atoms with Crippen LogP contribution in [0, 0.1) is 0 Å². The average Bonchev–Trinajstić information content (AvgIpc) is 3.63. The summed E-state index contributed by atoms with van der Waals surface area (Å²) in [6.45, 7) is 4.77. The third-order valence-electron chi connectivity index (χ3n) is 10.1. The Morgan fingerprint density at radius 3 is 1.93 bits per heavy atom. The highest BCUT2D eigenvalue weighted by molar-refractivity contribution is 7.07. The van der Waals surface area contributed by atoms with E-state index in [0.29, 0.717) is 5.95 Å². The fourth-order valence-corrected chi connectivity index (χ4v) is 12.8. The maximum atomic E-state index is 5.36. The van der Waals surface area contributed by atoms with E-state index in [1.165, 1.54) is 43.2 Å². The molecule has 4 heterocycles. The molecule has 0 N–H and O–H groups in total. The van der Waals surface area contributed by atoms with Gasteiger partial charge in [0.05, 0.1) is 27.9 Å². The lowest BCUT2D eigenvalue weighted by molar-refractivity contribution is 0.996. The molecule has 8 aromatic rings. The SMILES string of the molecule is CC[Si]1(CC)c2ccccc2-c2c1c1ncccc1c1c3ccccc3n(-c3nc(-c4ccccc4)cc(-c4ccccc4)n3)c21. The first-order valence-corrected chi connectivity index (χ1v) is 18.6. The van der Waals surface area contributed by atoms with Crippen molar-refractivity contribution in [3.05, 3.63) is 134 Å². The van der Waals surface area contributed by atoms with Crippen molar-refractivity contribution in [1.82, 2.24) is 19.5 Å². The van der Waals surface area contributed by atoms with Gasteiger partial charge < -0.3 is 0 Å². The van der Waals surface area contributed by atoms with E-state index < -0.39 is 8.07 Å². The van der Waals surface area contributed by atoms with Gasteiger partial charge in [0.2, 0.25) is 5.95 Å². The Labute approximate surface area is 269 Å². The summed E-state index contributed by atoms with van der Waals surface area (Å²) < 4.78 is 2.35. The fraction of sp³-hybridized carbons (Fsp3) is 0.0976. The first-order chi connectivity index (χ1) is 22.7. The van der Waals surface area contributed by atoms with Crippen LogP contribution in [0.1, 0.15) is 13.8 Å². The van der Waals surface area contributed by atoms with Gasteiger partial charge in [0, 0.05) is 39.0 Å². The summed E-state index contributed by atoms with van der Waals surface area (Å²) in [5, 5.41) is 6.61. The third kappa shape index (κ3) is 3.69. The molecule has 9 rings (SSSR count). The quantitative estimate of drug-likeness (QED) is 0.183. The van der Waals surface area contributed by atoms with Gasteiger partial charge in [-0.05, 0) is 34.1 Å². The summed E-state index contributed by atoms with van der Waals surface area (Å²) in [5.74, 6) is 0.682. The fourth-order valence-electron chi connectivity index (χ4n) is 8.01. The zero-order valence-corrected chi connectivity index (χ0v) is 26.9. The maximum absolute atomic E-state index is 5.36. The van der Waals surface area contributed by atoms with Gasteiger partial charge in [-0.15, -0.1) is 0 Å². The summed E-state index contributed by atoms with van der Waals surface area (Å²) in [7, 11) is -2.12. The number of aromatic nitrogens is 4. The summed E-state index contributed by atoms with van der Waals surface area (Å²) in [4.78, 5) is 15.9. The number of rotatable bonds is 5. The standard InChI is InChI=1S/C41H32N4Si/c1-3-46(4-2)35-24-14-12-21-30(35)37-39-36(31-22-15-25-42-38(31)40(37)46)29-20-11-13-23-34(29)45(39)41-43-32(27-16-7-5-8-17-27)26-33(44-41)28-18-9-6-10-19-28/h5-26H,3-4H2,1-2H3. The Kier molecular flexibility index (Phi) is 6.05. The Morgan fingerprint density at radius 2 is 1.24 bits per heavy atom. The molecule has 0 spiro atoms. The van der Waals surface area contributed by atoms with Gasteiger partial charge >= 0.3 is 0 Å². The van der Waals surface area contributed by atoms with Crippen molar-refractivity contribution in [2.45, 2.75) is 25.9 Å². The van der Waals surface area contributed by atoms with Crippen molar-refractivity contribution in [3.63, 3.8) is 0 Å². The minimum atomic E-state index is -2.12. The Hall–Kier alpha value is -5.39. The highest BCUT2D eigenvalue weighted by Crippen LogP contribution is 2.45. The van der Waals surface area contributed by atoms with E-state index in [2.05, 4.69) is 134 Å². The predicted octanol–water partition coefficient (Wildman–Crippen LogP) is 9.04. The van der Waals surface area contributed by atoms with Crippen molar-refractivity contribution in [2.75, 3.05) is 0 Å².